The maximum atomic E-state index is 12.4. The molecule has 0 saturated heterocycles. The Labute approximate surface area is 150 Å². The van der Waals surface area contributed by atoms with Crippen LogP contribution in [0, 0.1) is 13.8 Å². The first kappa shape index (κ1) is 20.0. The van der Waals surface area contributed by atoms with Crippen LogP contribution in [-0.2, 0) is 0 Å². The summed E-state index contributed by atoms with van der Waals surface area (Å²) in [6.45, 7) is 3.38. The van der Waals surface area contributed by atoms with Gasteiger partial charge >= 0.3 is 6.18 Å². The van der Waals surface area contributed by atoms with E-state index < -0.39 is 12.7 Å². The van der Waals surface area contributed by atoms with E-state index in [1.54, 1.807) is 18.5 Å². The van der Waals surface area contributed by atoms with Crippen molar-refractivity contribution in [1.82, 2.24) is 19.8 Å². The summed E-state index contributed by atoms with van der Waals surface area (Å²) < 4.78 is 38.8. The number of carbonyl (C=O) groups excluding carboxylic acids is 1. The zero-order valence-electron chi connectivity index (χ0n) is 15.1. The second kappa shape index (κ2) is 8.35. The molecule has 5 nitrogen and oxygen atoms in total. The first-order chi connectivity index (χ1) is 12.2. The Balaban J connectivity index is 1.93. The Bertz CT molecular complexity index is 741. The normalized spacial score (nSPS) is 11.8. The van der Waals surface area contributed by atoms with E-state index in [9.17, 15) is 18.0 Å². The number of hydrogen-bond donors (Lipinski definition) is 1. The number of aromatic nitrogens is 2. The summed E-state index contributed by atoms with van der Waals surface area (Å²) in [4.78, 5) is 17.7. The van der Waals surface area contributed by atoms with E-state index >= 15 is 0 Å². The van der Waals surface area contributed by atoms with E-state index in [2.05, 4.69) is 10.3 Å². The van der Waals surface area contributed by atoms with Crippen LogP contribution in [0.15, 0.2) is 30.6 Å². The predicted molar refractivity (Wildman–Crippen MR) is 93.5 cm³/mol. The Morgan fingerprint density at radius 1 is 1.35 bits per heavy atom. The Kier molecular flexibility index (Phi) is 6.42. The topological polar surface area (TPSA) is 50.2 Å². The minimum Gasteiger partial charge on any atom is -0.352 e. The third-order valence-electron chi connectivity index (χ3n) is 4.03. The number of amides is 1. The van der Waals surface area contributed by atoms with E-state index in [0.717, 1.165) is 17.1 Å². The molecule has 0 spiro atoms. The van der Waals surface area contributed by atoms with Gasteiger partial charge in [0, 0.05) is 24.1 Å². The molecule has 0 saturated carbocycles. The van der Waals surface area contributed by atoms with Crippen LogP contribution in [0.1, 0.15) is 28.2 Å². The van der Waals surface area contributed by atoms with Crippen LogP contribution in [0.4, 0.5) is 13.2 Å². The second-order valence-corrected chi connectivity index (χ2v) is 6.29. The van der Waals surface area contributed by atoms with Gasteiger partial charge in [0.15, 0.2) is 0 Å². The van der Waals surface area contributed by atoms with Crippen molar-refractivity contribution in [2.75, 3.05) is 26.7 Å². The lowest BCUT2D eigenvalue weighted by atomic mass is 10.2. The molecular formula is C18H23F3N4O. The van der Waals surface area contributed by atoms with Crippen molar-refractivity contribution in [3.05, 3.63) is 47.5 Å². The van der Waals surface area contributed by atoms with Crippen molar-refractivity contribution in [2.24, 2.45) is 0 Å². The number of hydrogen-bond acceptors (Lipinski definition) is 3. The molecule has 2 heterocycles. The summed E-state index contributed by atoms with van der Waals surface area (Å²) in [7, 11) is 1.41. The lowest BCUT2D eigenvalue weighted by molar-refractivity contribution is -0.143. The van der Waals surface area contributed by atoms with Gasteiger partial charge in [-0.2, -0.15) is 13.2 Å². The molecule has 2 aromatic rings. The predicted octanol–water partition coefficient (Wildman–Crippen LogP) is 3.10. The van der Waals surface area contributed by atoms with Gasteiger partial charge in [0.1, 0.15) is 0 Å². The SMILES string of the molecule is Cc1cc(C(=O)NCCCN(C)CC(F)(F)F)c(C)n1-c1cccnc1. The van der Waals surface area contributed by atoms with Gasteiger partial charge in [-0.05, 0) is 52.1 Å². The van der Waals surface area contributed by atoms with Gasteiger partial charge in [0.2, 0.25) is 0 Å². The molecule has 0 aromatic carbocycles. The molecule has 2 aromatic heterocycles. The van der Waals surface area contributed by atoms with Crippen LogP contribution in [0.3, 0.4) is 0 Å². The summed E-state index contributed by atoms with van der Waals surface area (Å²) in [6, 6.07) is 5.53. The molecule has 1 amide bonds. The third kappa shape index (κ3) is 5.32. The monoisotopic (exact) mass is 368 g/mol. The zero-order valence-corrected chi connectivity index (χ0v) is 15.1. The van der Waals surface area contributed by atoms with Crippen molar-refractivity contribution in [3.8, 4) is 5.69 Å². The van der Waals surface area contributed by atoms with Gasteiger partial charge in [0.25, 0.3) is 5.91 Å². The second-order valence-electron chi connectivity index (χ2n) is 6.29. The van der Waals surface area contributed by atoms with Crippen molar-refractivity contribution < 1.29 is 18.0 Å². The average Bonchev–Trinajstić information content (AvgIpc) is 2.85. The fourth-order valence-corrected chi connectivity index (χ4v) is 2.91. The quantitative estimate of drug-likeness (QED) is 0.764. The van der Waals surface area contributed by atoms with Crippen LogP contribution in [-0.4, -0.2) is 53.2 Å². The maximum absolute atomic E-state index is 12.4. The van der Waals surface area contributed by atoms with Crippen molar-refractivity contribution >= 4 is 5.91 Å². The van der Waals surface area contributed by atoms with Crippen LogP contribution < -0.4 is 5.32 Å². The minimum atomic E-state index is -4.21. The molecule has 0 atom stereocenters. The Morgan fingerprint density at radius 3 is 2.69 bits per heavy atom. The lowest BCUT2D eigenvalue weighted by Crippen LogP contribution is -2.33. The van der Waals surface area contributed by atoms with E-state index in [4.69, 9.17) is 0 Å². The van der Waals surface area contributed by atoms with Crippen LogP contribution >= 0.6 is 0 Å². The Hall–Kier alpha value is -2.35. The van der Waals surface area contributed by atoms with Crippen LogP contribution in [0.25, 0.3) is 5.69 Å². The largest absolute Gasteiger partial charge is 0.401 e. The van der Waals surface area contributed by atoms with Gasteiger partial charge in [-0.25, -0.2) is 0 Å². The van der Waals surface area contributed by atoms with Crippen LogP contribution in [0.5, 0.6) is 0 Å². The highest BCUT2D eigenvalue weighted by Gasteiger charge is 2.28. The lowest BCUT2D eigenvalue weighted by Gasteiger charge is -2.18. The van der Waals surface area contributed by atoms with E-state index in [1.807, 2.05) is 30.5 Å². The Morgan fingerprint density at radius 2 is 2.08 bits per heavy atom. The highest BCUT2D eigenvalue weighted by Crippen LogP contribution is 2.20. The van der Waals surface area contributed by atoms with E-state index in [-0.39, 0.29) is 12.5 Å². The summed E-state index contributed by atoms with van der Waals surface area (Å²) in [6.07, 6.45) is -0.360. The highest BCUT2D eigenvalue weighted by molar-refractivity contribution is 5.95. The molecule has 2 rings (SSSR count). The fourth-order valence-electron chi connectivity index (χ4n) is 2.91. The number of carbonyl (C=O) groups is 1. The number of nitrogens with zero attached hydrogens (tertiary/aromatic N) is 3. The zero-order chi connectivity index (χ0) is 19.3. The summed E-state index contributed by atoms with van der Waals surface area (Å²) in [5, 5.41) is 2.77. The number of rotatable bonds is 7. The van der Waals surface area contributed by atoms with Crippen molar-refractivity contribution in [1.29, 1.82) is 0 Å². The molecule has 0 unspecified atom stereocenters. The molecular weight excluding hydrogens is 345 g/mol. The van der Waals surface area contributed by atoms with Crippen molar-refractivity contribution in [2.45, 2.75) is 26.4 Å². The van der Waals surface area contributed by atoms with Crippen LogP contribution in [0.2, 0.25) is 0 Å². The van der Waals surface area contributed by atoms with Gasteiger partial charge in [0.05, 0.1) is 24.0 Å². The molecule has 1 N–H and O–H groups in total. The first-order valence-electron chi connectivity index (χ1n) is 8.32. The minimum absolute atomic E-state index is 0.230. The average molecular weight is 368 g/mol. The number of aryl methyl sites for hydroxylation is 1. The van der Waals surface area contributed by atoms with Crippen molar-refractivity contribution in [3.63, 3.8) is 0 Å². The highest BCUT2D eigenvalue weighted by atomic mass is 19.4. The number of halogens is 3. The number of nitrogens with one attached hydrogen (secondary N) is 1. The molecule has 0 aliphatic carbocycles. The summed E-state index contributed by atoms with van der Waals surface area (Å²) in [5.74, 6) is -0.230. The molecule has 0 fully saturated rings. The molecule has 26 heavy (non-hydrogen) atoms. The standard InChI is InChI=1S/C18H23F3N4O/c1-13-10-16(14(2)25(13)15-6-4-7-22-11-15)17(26)23-8-5-9-24(3)12-18(19,20)21/h4,6-7,10-11H,5,8-9,12H2,1-3H3,(H,23,26). The van der Waals surface area contributed by atoms with Gasteiger partial charge < -0.3 is 9.88 Å². The van der Waals surface area contributed by atoms with Gasteiger partial charge in [-0.15, -0.1) is 0 Å². The van der Waals surface area contributed by atoms with Gasteiger partial charge in [-0.3, -0.25) is 14.7 Å². The number of alkyl halides is 3. The molecule has 0 aliphatic heterocycles. The molecule has 142 valence electrons. The smallest absolute Gasteiger partial charge is 0.352 e. The fraction of sp³-hybridized carbons (Fsp3) is 0.444. The maximum Gasteiger partial charge on any atom is 0.401 e. The molecule has 0 aliphatic rings. The summed E-state index contributed by atoms with van der Waals surface area (Å²) >= 11 is 0. The molecule has 0 bridgehead atoms. The first-order valence-corrected chi connectivity index (χ1v) is 8.32. The number of pyridine rings is 1. The van der Waals surface area contributed by atoms with Gasteiger partial charge in [-0.1, -0.05) is 0 Å². The summed E-state index contributed by atoms with van der Waals surface area (Å²) in [5.41, 5.74) is 3.12. The molecule has 8 heteroatoms. The van der Waals surface area contributed by atoms with E-state index in [0.29, 0.717) is 18.5 Å². The third-order valence-corrected chi connectivity index (χ3v) is 4.03. The molecule has 0 radical (unpaired) electrons. The van der Waals surface area contributed by atoms with E-state index in [1.165, 1.54) is 11.9 Å².